The Morgan fingerprint density at radius 2 is 1.52 bits per heavy atom. The average molecular weight is 329 g/mol. The first-order valence-electron chi connectivity index (χ1n) is 9.50. The Labute approximate surface area is 141 Å². The summed E-state index contributed by atoms with van der Waals surface area (Å²) in [7, 11) is 1.02. The van der Waals surface area contributed by atoms with Crippen molar-refractivity contribution in [2.45, 2.75) is 43.7 Å². The predicted octanol–water partition coefficient (Wildman–Crippen LogP) is 3.80. The van der Waals surface area contributed by atoms with Gasteiger partial charge in [-0.25, -0.2) is 0 Å². The molecule has 4 aliphatic carbocycles. The van der Waals surface area contributed by atoms with Crippen LogP contribution in [0.15, 0.2) is 24.3 Å². The number of benzene rings is 1. The molecule has 0 spiro atoms. The molecule has 4 bridgehead atoms. The predicted molar refractivity (Wildman–Crippen MR) is 98.3 cm³/mol. The zero-order valence-corrected chi connectivity index (χ0v) is 15.0. The normalized spacial score (nSPS) is 39.5. The molecule has 1 saturated heterocycles. The molecule has 2 nitrogen and oxygen atoms in total. The van der Waals surface area contributed by atoms with Gasteiger partial charge in [-0.1, -0.05) is 26.8 Å². The highest BCUT2D eigenvalue weighted by molar-refractivity contribution is 7.49. The van der Waals surface area contributed by atoms with E-state index in [9.17, 15) is 0 Å². The fourth-order valence-electron chi connectivity index (χ4n) is 6.21. The molecule has 0 amide bonds. The van der Waals surface area contributed by atoms with E-state index in [1.165, 1.54) is 24.9 Å². The van der Waals surface area contributed by atoms with E-state index < -0.39 is 0 Å². The second kappa shape index (κ2) is 5.74. The average Bonchev–Trinajstić information content (AvgIpc) is 2.54. The Morgan fingerprint density at radius 3 is 2.17 bits per heavy atom. The highest BCUT2D eigenvalue weighted by Gasteiger charge is 2.50. The first kappa shape index (κ1) is 14.7. The van der Waals surface area contributed by atoms with Crippen molar-refractivity contribution >= 4 is 19.6 Å². The lowest BCUT2D eigenvalue weighted by atomic mass is 9.56. The van der Waals surface area contributed by atoms with Crippen LogP contribution in [-0.4, -0.2) is 31.5 Å². The van der Waals surface area contributed by atoms with Crippen LogP contribution in [0.3, 0.4) is 0 Å². The molecule has 1 heterocycles. The van der Waals surface area contributed by atoms with Crippen molar-refractivity contribution in [1.29, 1.82) is 0 Å². The number of ether oxygens (including phenoxy) is 1. The molecule has 1 unspecified atom stereocenters. The third-order valence-corrected chi connectivity index (χ3v) is 8.53. The number of hydrogen-bond donors (Lipinski definition) is 0. The maximum Gasteiger partial charge on any atom is 0.0642 e. The van der Waals surface area contributed by atoms with Gasteiger partial charge >= 0.3 is 0 Å². The molecule has 1 aromatic carbocycles. The molecule has 3 heteroatoms. The van der Waals surface area contributed by atoms with Gasteiger partial charge in [0.15, 0.2) is 0 Å². The van der Waals surface area contributed by atoms with Crippen molar-refractivity contribution in [3.8, 4) is 0 Å². The third-order valence-electron chi connectivity index (χ3n) is 6.69. The minimum absolute atomic E-state index is 0.664. The number of morpholine rings is 1. The van der Waals surface area contributed by atoms with Gasteiger partial charge in [0.05, 0.1) is 13.2 Å². The topological polar surface area (TPSA) is 12.5 Å². The zero-order valence-electron chi connectivity index (χ0n) is 14.0. The Bertz CT molecular complexity index is 545. The van der Waals surface area contributed by atoms with E-state index in [1.54, 1.807) is 24.6 Å². The van der Waals surface area contributed by atoms with E-state index in [4.69, 9.17) is 4.74 Å². The largest absolute Gasteiger partial charge is 0.378 e. The highest BCUT2D eigenvalue weighted by Crippen LogP contribution is 2.62. The molecule has 23 heavy (non-hydrogen) atoms. The fraction of sp³-hybridized carbons (Fsp3) is 0.700. The van der Waals surface area contributed by atoms with Crippen LogP contribution in [-0.2, 0) is 4.74 Å². The summed E-state index contributed by atoms with van der Waals surface area (Å²) in [6.45, 7) is 3.88. The Morgan fingerprint density at radius 1 is 0.913 bits per heavy atom. The second-order valence-corrected chi connectivity index (χ2v) is 10.3. The SMILES string of the molecule is c1ccc(N2CCOCC2)c(PC23CC4CC(CC(C4)C2)C3)c1. The quantitative estimate of drug-likeness (QED) is 0.782. The molecule has 1 aliphatic heterocycles. The molecular weight excluding hydrogens is 301 g/mol. The molecular formula is C20H28NOP. The van der Waals surface area contributed by atoms with E-state index in [1.807, 2.05) is 0 Å². The summed E-state index contributed by atoms with van der Waals surface area (Å²) in [6, 6.07) is 9.25. The second-order valence-electron chi connectivity index (χ2n) is 8.44. The minimum Gasteiger partial charge on any atom is -0.378 e. The lowest BCUT2D eigenvalue weighted by Crippen LogP contribution is -2.48. The monoisotopic (exact) mass is 329 g/mol. The maximum atomic E-state index is 5.56. The summed E-state index contributed by atoms with van der Waals surface area (Å²) in [4.78, 5) is 2.56. The van der Waals surface area contributed by atoms with E-state index >= 15 is 0 Å². The van der Waals surface area contributed by atoms with Crippen LogP contribution in [0.1, 0.15) is 38.5 Å². The Balaban J connectivity index is 1.42. The fourth-order valence-corrected chi connectivity index (χ4v) is 8.50. The van der Waals surface area contributed by atoms with Gasteiger partial charge in [0.25, 0.3) is 0 Å². The van der Waals surface area contributed by atoms with Crippen molar-refractivity contribution in [1.82, 2.24) is 0 Å². The van der Waals surface area contributed by atoms with E-state index in [2.05, 4.69) is 29.2 Å². The highest BCUT2D eigenvalue weighted by atomic mass is 31.1. The molecule has 4 saturated carbocycles. The minimum atomic E-state index is 0.664. The van der Waals surface area contributed by atoms with Crippen LogP contribution in [0.4, 0.5) is 5.69 Å². The van der Waals surface area contributed by atoms with Gasteiger partial charge in [-0.05, 0) is 72.8 Å². The molecule has 1 atom stereocenters. The van der Waals surface area contributed by atoms with Gasteiger partial charge in [0.2, 0.25) is 0 Å². The summed E-state index contributed by atoms with van der Waals surface area (Å²) in [5.41, 5.74) is 1.50. The van der Waals surface area contributed by atoms with E-state index in [-0.39, 0.29) is 0 Å². The molecule has 1 aromatic rings. The van der Waals surface area contributed by atoms with Crippen LogP contribution in [0.2, 0.25) is 0 Å². The number of hydrogen-bond acceptors (Lipinski definition) is 2. The van der Waals surface area contributed by atoms with Gasteiger partial charge in [-0.15, -0.1) is 0 Å². The van der Waals surface area contributed by atoms with Crippen LogP contribution >= 0.6 is 8.58 Å². The first-order valence-corrected chi connectivity index (χ1v) is 10.5. The van der Waals surface area contributed by atoms with Gasteiger partial charge < -0.3 is 9.64 Å². The standard InChI is InChI=1S/C20H28NOP/c1-2-4-19(18(3-1)21-5-7-22-8-6-21)23-20-12-15-9-16(13-20)11-17(10-15)14-20/h1-4,15-17,23H,5-14H2. The van der Waals surface area contributed by atoms with Gasteiger partial charge in [0, 0.05) is 18.8 Å². The Kier molecular flexibility index (Phi) is 3.68. The molecule has 0 aromatic heterocycles. The van der Waals surface area contributed by atoms with Crippen LogP contribution < -0.4 is 10.2 Å². The zero-order chi connectivity index (χ0) is 15.3. The lowest BCUT2D eigenvalue weighted by molar-refractivity contribution is 0.0372. The van der Waals surface area contributed by atoms with Crippen LogP contribution in [0, 0.1) is 17.8 Å². The van der Waals surface area contributed by atoms with Gasteiger partial charge in [-0.2, -0.15) is 0 Å². The maximum absolute atomic E-state index is 5.56. The number of nitrogens with zero attached hydrogens (tertiary/aromatic N) is 1. The van der Waals surface area contributed by atoms with Crippen molar-refractivity contribution in [3.05, 3.63) is 24.3 Å². The number of anilines is 1. The molecule has 124 valence electrons. The van der Waals surface area contributed by atoms with Gasteiger partial charge in [0.1, 0.15) is 0 Å². The first-order chi connectivity index (χ1) is 11.3. The molecule has 0 radical (unpaired) electrons. The molecule has 0 N–H and O–H groups in total. The lowest BCUT2D eigenvalue weighted by Gasteiger charge is -2.57. The van der Waals surface area contributed by atoms with Gasteiger partial charge in [-0.3, -0.25) is 0 Å². The summed E-state index contributed by atoms with van der Waals surface area (Å²) < 4.78 is 5.56. The summed E-state index contributed by atoms with van der Waals surface area (Å²) in [5.74, 6) is 3.18. The summed E-state index contributed by atoms with van der Waals surface area (Å²) in [6.07, 6.45) is 9.22. The number of para-hydroxylation sites is 1. The van der Waals surface area contributed by atoms with E-state index in [0.717, 1.165) is 52.6 Å². The van der Waals surface area contributed by atoms with E-state index in [0.29, 0.717) is 5.16 Å². The molecule has 6 rings (SSSR count). The third kappa shape index (κ3) is 2.72. The van der Waals surface area contributed by atoms with Crippen molar-refractivity contribution in [3.63, 3.8) is 0 Å². The summed E-state index contributed by atoms with van der Waals surface area (Å²) >= 11 is 0. The molecule has 5 aliphatic rings. The Hall–Kier alpha value is -0.590. The van der Waals surface area contributed by atoms with Crippen molar-refractivity contribution < 1.29 is 4.74 Å². The smallest absolute Gasteiger partial charge is 0.0642 e. The summed E-state index contributed by atoms with van der Waals surface area (Å²) in [5, 5.41) is 2.30. The van der Waals surface area contributed by atoms with Crippen LogP contribution in [0.5, 0.6) is 0 Å². The van der Waals surface area contributed by atoms with Crippen molar-refractivity contribution in [2.24, 2.45) is 17.8 Å². The van der Waals surface area contributed by atoms with Crippen LogP contribution in [0.25, 0.3) is 0 Å². The number of rotatable bonds is 3. The van der Waals surface area contributed by atoms with Crippen molar-refractivity contribution in [2.75, 3.05) is 31.2 Å². The molecule has 5 fully saturated rings.